The van der Waals surface area contributed by atoms with Gasteiger partial charge in [0.15, 0.2) is 11.5 Å². The highest BCUT2D eigenvalue weighted by Gasteiger charge is 2.31. The van der Waals surface area contributed by atoms with E-state index in [-0.39, 0.29) is 17.0 Å². The molecule has 0 fully saturated rings. The third kappa shape index (κ3) is 4.99. The van der Waals surface area contributed by atoms with E-state index in [4.69, 9.17) is 14.0 Å². The molecule has 37 heavy (non-hydrogen) atoms. The molecule has 8 heteroatoms. The number of ether oxygens (including phenoxy) is 2. The smallest absolute Gasteiger partial charge is 0.407 e. The molecule has 3 aromatic rings. The van der Waals surface area contributed by atoms with Crippen LogP contribution in [0, 0.1) is 11.3 Å². The molecule has 0 saturated heterocycles. The highest BCUT2D eigenvalue weighted by molar-refractivity contribution is 5.73. The van der Waals surface area contributed by atoms with Crippen molar-refractivity contribution in [2.45, 2.75) is 58.4 Å². The minimum Gasteiger partial charge on any atom is -0.496 e. The number of benzene rings is 2. The van der Waals surface area contributed by atoms with E-state index in [0.717, 1.165) is 39.1 Å². The van der Waals surface area contributed by atoms with Crippen LogP contribution in [0.1, 0.15) is 67.1 Å². The van der Waals surface area contributed by atoms with E-state index in [2.05, 4.69) is 45.0 Å². The van der Waals surface area contributed by atoms with Gasteiger partial charge in [-0.25, -0.2) is 4.79 Å². The molecule has 1 amide bonds. The molecule has 2 heterocycles. The first-order valence-electron chi connectivity index (χ1n) is 12.3. The fourth-order valence-electron chi connectivity index (χ4n) is 5.01. The maximum absolute atomic E-state index is 11.4. The highest BCUT2D eigenvalue weighted by atomic mass is 16.5. The Balaban J connectivity index is 1.74. The van der Waals surface area contributed by atoms with Gasteiger partial charge in [-0.15, -0.1) is 0 Å². The van der Waals surface area contributed by atoms with Crippen molar-refractivity contribution in [1.29, 1.82) is 5.26 Å². The first-order valence-corrected chi connectivity index (χ1v) is 12.3. The average Bonchev–Trinajstić information content (AvgIpc) is 3.28. The monoisotopic (exact) mass is 503 g/mol. The van der Waals surface area contributed by atoms with Crippen molar-refractivity contribution in [2.75, 3.05) is 20.8 Å². The lowest BCUT2D eigenvalue weighted by atomic mass is 9.77. The molecule has 0 spiro atoms. The Bertz CT molecular complexity index is 1370. The van der Waals surface area contributed by atoms with Crippen LogP contribution in [0.15, 0.2) is 34.9 Å². The number of amides is 1. The van der Waals surface area contributed by atoms with E-state index in [9.17, 15) is 15.2 Å². The number of fused-ring (bicyclic) bond motifs is 1. The molecule has 0 bridgehead atoms. The summed E-state index contributed by atoms with van der Waals surface area (Å²) < 4.78 is 17.0. The van der Waals surface area contributed by atoms with Gasteiger partial charge in [0.1, 0.15) is 17.6 Å². The van der Waals surface area contributed by atoms with Crippen LogP contribution in [0.5, 0.6) is 11.5 Å². The summed E-state index contributed by atoms with van der Waals surface area (Å²) in [6.07, 6.45) is 0.295. The number of methoxy groups -OCH3 is 2. The van der Waals surface area contributed by atoms with Crippen LogP contribution in [0.2, 0.25) is 0 Å². The van der Waals surface area contributed by atoms with Crippen LogP contribution in [-0.4, -0.2) is 42.0 Å². The average molecular weight is 504 g/mol. The van der Waals surface area contributed by atoms with Crippen LogP contribution in [0.25, 0.3) is 11.3 Å². The largest absolute Gasteiger partial charge is 0.496 e. The molecule has 4 rings (SSSR count). The van der Waals surface area contributed by atoms with E-state index >= 15 is 0 Å². The van der Waals surface area contributed by atoms with Gasteiger partial charge in [0, 0.05) is 24.7 Å². The Morgan fingerprint density at radius 3 is 2.54 bits per heavy atom. The van der Waals surface area contributed by atoms with Crippen molar-refractivity contribution in [2.24, 2.45) is 0 Å². The quantitative estimate of drug-likeness (QED) is 0.427. The molecule has 194 valence electrons. The van der Waals surface area contributed by atoms with Gasteiger partial charge in [-0.2, -0.15) is 5.26 Å². The first kappa shape index (κ1) is 26.1. The van der Waals surface area contributed by atoms with Gasteiger partial charge in [-0.05, 0) is 52.5 Å². The van der Waals surface area contributed by atoms with E-state index in [0.29, 0.717) is 37.4 Å². The third-order valence-corrected chi connectivity index (χ3v) is 7.20. The molecule has 0 radical (unpaired) electrons. The molecule has 0 saturated carbocycles. The number of hydrogen-bond acceptors (Lipinski definition) is 6. The minimum absolute atomic E-state index is 0.199. The van der Waals surface area contributed by atoms with E-state index in [1.807, 2.05) is 24.3 Å². The van der Waals surface area contributed by atoms with Gasteiger partial charge in [0.2, 0.25) is 0 Å². The molecule has 0 atom stereocenters. The van der Waals surface area contributed by atoms with Crippen molar-refractivity contribution >= 4 is 6.09 Å². The second-order valence-corrected chi connectivity index (χ2v) is 10.4. The Kier molecular flexibility index (Phi) is 7.17. The van der Waals surface area contributed by atoms with Gasteiger partial charge < -0.3 is 24.0 Å². The molecular formula is C29H33N3O5. The second-order valence-electron chi connectivity index (χ2n) is 10.4. The Labute approximate surface area is 217 Å². The van der Waals surface area contributed by atoms with Gasteiger partial charge in [-0.3, -0.25) is 0 Å². The number of carbonyl (C=O) groups is 1. The maximum Gasteiger partial charge on any atom is 0.407 e. The maximum atomic E-state index is 11.4. The first-order chi connectivity index (χ1) is 17.6. The van der Waals surface area contributed by atoms with Crippen LogP contribution in [-0.2, 0) is 24.8 Å². The fraction of sp³-hybridized carbons (Fsp3) is 0.414. The molecule has 1 aromatic heterocycles. The molecule has 1 aliphatic heterocycles. The predicted octanol–water partition coefficient (Wildman–Crippen LogP) is 5.91. The minimum atomic E-state index is -0.895. The van der Waals surface area contributed by atoms with Crippen molar-refractivity contribution < 1.29 is 23.9 Å². The SMILES string of the molecule is COc1cc(OC)c(C(C)C)cc1-c1onc(C#N)c1CC(C)(C)c1ccc2c(c1)CCN(C(=O)O)C2. The summed E-state index contributed by atoms with van der Waals surface area (Å²) in [5, 5.41) is 23.3. The summed E-state index contributed by atoms with van der Waals surface area (Å²) in [4.78, 5) is 12.8. The summed E-state index contributed by atoms with van der Waals surface area (Å²) in [5.74, 6) is 2.03. The number of nitriles is 1. The number of carboxylic acid groups (broad SMARTS) is 1. The summed E-state index contributed by atoms with van der Waals surface area (Å²) >= 11 is 0. The zero-order valence-electron chi connectivity index (χ0n) is 22.2. The zero-order valence-corrected chi connectivity index (χ0v) is 22.2. The predicted molar refractivity (Wildman–Crippen MR) is 139 cm³/mol. The van der Waals surface area contributed by atoms with Gasteiger partial charge in [0.25, 0.3) is 0 Å². The normalized spacial score (nSPS) is 13.3. The zero-order chi connectivity index (χ0) is 26.9. The number of hydrogen-bond donors (Lipinski definition) is 1. The summed E-state index contributed by atoms with van der Waals surface area (Å²) in [6.45, 7) is 9.31. The van der Waals surface area contributed by atoms with Gasteiger partial charge in [0.05, 0.1) is 19.8 Å². The van der Waals surface area contributed by atoms with Gasteiger partial charge >= 0.3 is 6.09 Å². The van der Waals surface area contributed by atoms with Crippen molar-refractivity contribution in [3.05, 3.63) is 63.8 Å². The Hall–Kier alpha value is -3.99. The summed E-state index contributed by atoms with van der Waals surface area (Å²) in [7, 11) is 3.23. The lowest BCUT2D eigenvalue weighted by Crippen LogP contribution is -2.35. The van der Waals surface area contributed by atoms with Gasteiger partial charge in [-0.1, -0.05) is 51.1 Å². The molecule has 2 aromatic carbocycles. The van der Waals surface area contributed by atoms with Crippen molar-refractivity contribution in [3.8, 4) is 28.9 Å². The van der Waals surface area contributed by atoms with Crippen molar-refractivity contribution in [1.82, 2.24) is 10.1 Å². The topological polar surface area (TPSA) is 109 Å². The lowest BCUT2D eigenvalue weighted by Gasteiger charge is -2.30. The standard InChI is InChI=1S/C29H33N3O5/c1-17(2)21-12-22(26(36-6)13-25(21)35-5)27-23(24(15-30)31-37-27)14-29(3,4)20-8-7-19-16-32(28(33)34)10-9-18(19)11-20/h7-8,11-13,17H,9-10,14,16H2,1-6H3,(H,33,34). The molecule has 1 N–H and O–H groups in total. The van der Waals surface area contributed by atoms with Crippen molar-refractivity contribution in [3.63, 3.8) is 0 Å². The molecule has 0 unspecified atom stereocenters. The third-order valence-electron chi connectivity index (χ3n) is 7.20. The Morgan fingerprint density at radius 2 is 1.92 bits per heavy atom. The molecular weight excluding hydrogens is 470 g/mol. The van der Waals surface area contributed by atoms with Crippen LogP contribution < -0.4 is 9.47 Å². The van der Waals surface area contributed by atoms with E-state index in [1.165, 1.54) is 4.90 Å². The highest BCUT2D eigenvalue weighted by Crippen LogP contribution is 2.42. The second kappa shape index (κ2) is 10.2. The number of rotatable bonds is 7. The van der Waals surface area contributed by atoms with E-state index in [1.54, 1.807) is 14.2 Å². The number of nitrogens with zero attached hydrogens (tertiary/aromatic N) is 3. The summed E-state index contributed by atoms with van der Waals surface area (Å²) in [6, 6.07) is 12.3. The summed E-state index contributed by atoms with van der Waals surface area (Å²) in [5.41, 5.74) is 5.65. The molecule has 1 aliphatic rings. The molecule has 0 aliphatic carbocycles. The Morgan fingerprint density at radius 1 is 1.19 bits per heavy atom. The van der Waals surface area contributed by atoms with Crippen LogP contribution >= 0.6 is 0 Å². The lowest BCUT2D eigenvalue weighted by molar-refractivity contribution is 0.140. The molecule has 8 nitrogen and oxygen atoms in total. The number of aromatic nitrogens is 1. The van der Waals surface area contributed by atoms with Crippen LogP contribution in [0.4, 0.5) is 4.79 Å². The fourth-order valence-corrected chi connectivity index (χ4v) is 5.01. The van der Waals surface area contributed by atoms with Crippen LogP contribution in [0.3, 0.4) is 0 Å². The van der Waals surface area contributed by atoms with E-state index < -0.39 is 6.09 Å².